The third-order valence-electron chi connectivity index (χ3n) is 5.02. The van der Waals surface area contributed by atoms with E-state index >= 15 is 0 Å². The Morgan fingerprint density at radius 2 is 1.86 bits per heavy atom. The number of carbonyl (C=O) groups excluding carboxylic acids is 1. The van der Waals surface area contributed by atoms with Crippen LogP contribution in [0, 0.1) is 22.7 Å². The second-order valence-corrected chi connectivity index (χ2v) is 7.02. The van der Waals surface area contributed by atoms with Crippen LogP contribution in [0.1, 0.15) is 24.0 Å². The summed E-state index contributed by atoms with van der Waals surface area (Å²) in [5.41, 5.74) is 8.70. The van der Waals surface area contributed by atoms with Gasteiger partial charge in [-0.1, -0.05) is 36.4 Å². The summed E-state index contributed by atoms with van der Waals surface area (Å²) in [4.78, 5) is 12.5. The normalized spacial score (nSPS) is 16.4. The van der Waals surface area contributed by atoms with Crippen LogP contribution in [-0.4, -0.2) is 30.7 Å². The number of nitriles is 2. The predicted molar refractivity (Wildman–Crippen MR) is 105 cm³/mol. The number of benzene rings is 2. The summed E-state index contributed by atoms with van der Waals surface area (Å²) >= 11 is 0. The van der Waals surface area contributed by atoms with E-state index < -0.39 is 11.6 Å². The van der Waals surface area contributed by atoms with Crippen molar-refractivity contribution in [2.45, 2.75) is 30.8 Å². The van der Waals surface area contributed by atoms with E-state index in [1.165, 1.54) is 0 Å². The molecule has 142 valence electrons. The third-order valence-corrected chi connectivity index (χ3v) is 5.02. The first-order valence-corrected chi connectivity index (χ1v) is 9.21. The molecule has 1 saturated heterocycles. The van der Waals surface area contributed by atoms with Gasteiger partial charge in [0.15, 0.2) is 0 Å². The lowest BCUT2D eigenvalue weighted by molar-refractivity contribution is -0.130. The highest BCUT2D eigenvalue weighted by Crippen LogP contribution is 2.22. The summed E-state index contributed by atoms with van der Waals surface area (Å²) in [6, 6.07) is 18.8. The number of hydrogen-bond donors (Lipinski definition) is 2. The minimum absolute atomic E-state index is 0.299. The van der Waals surface area contributed by atoms with E-state index in [4.69, 9.17) is 15.7 Å². The standard InChI is InChI=1S/C22H22N4O2/c23-14-17-2-1-3-19(12-17)18-6-4-16(5-7-18)13-20(15-24)26-21(27)22(25)8-10-28-11-9-22/h1-7,12,20H,8-11,13,25H2,(H,26,27)/t20-/m0/s1. The van der Waals surface area contributed by atoms with Crippen LogP contribution in [0.25, 0.3) is 11.1 Å². The number of amides is 1. The minimum Gasteiger partial charge on any atom is -0.381 e. The van der Waals surface area contributed by atoms with E-state index in [1.807, 2.05) is 42.5 Å². The Labute approximate surface area is 164 Å². The minimum atomic E-state index is -0.969. The zero-order chi connectivity index (χ0) is 20.0. The number of nitrogens with two attached hydrogens (primary N) is 1. The van der Waals surface area contributed by atoms with Gasteiger partial charge in [0.05, 0.1) is 23.2 Å². The van der Waals surface area contributed by atoms with Crippen LogP contribution in [0.2, 0.25) is 0 Å². The molecule has 1 aliphatic heterocycles. The van der Waals surface area contributed by atoms with Crippen LogP contribution in [0.5, 0.6) is 0 Å². The van der Waals surface area contributed by atoms with Gasteiger partial charge in [-0.3, -0.25) is 4.79 Å². The molecule has 1 fully saturated rings. The first-order valence-electron chi connectivity index (χ1n) is 9.21. The van der Waals surface area contributed by atoms with E-state index in [9.17, 15) is 10.1 Å². The van der Waals surface area contributed by atoms with Crippen molar-refractivity contribution in [2.24, 2.45) is 5.73 Å². The number of nitrogens with zero attached hydrogens (tertiary/aromatic N) is 2. The lowest BCUT2D eigenvalue weighted by Gasteiger charge is -2.32. The van der Waals surface area contributed by atoms with Crippen molar-refractivity contribution in [3.63, 3.8) is 0 Å². The molecule has 6 heteroatoms. The zero-order valence-electron chi connectivity index (χ0n) is 15.5. The monoisotopic (exact) mass is 374 g/mol. The second-order valence-electron chi connectivity index (χ2n) is 7.02. The molecule has 2 aromatic carbocycles. The van der Waals surface area contributed by atoms with E-state index in [0.717, 1.165) is 16.7 Å². The molecule has 1 heterocycles. The molecule has 0 radical (unpaired) electrons. The van der Waals surface area contributed by atoms with Crippen molar-refractivity contribution in [3.8, 4) is 23.3 Å². The highest BCUT2D eigenvalue weighted by atomic mass is 16.5. The van der Waals surface area contributed by atoms with Gasteiger partial charge in [0, 0.05) is 19.6 Å². The van der Waals surface area contributed by atoms with Crippen LogP contribution in [0.15, 0.2) is 48.5 Å². The Balaban J connectivity index is 1.66. The van der Waals surface area contributed by atoms with Gasteiger partial charge in [0.1, 0.15) is 6.04 Å². The smallest absolute Gasteiger partial charge is 0.241 e. The van der Waals surface area contributed by atoms with Gasteiger partial charge in [-0.05, 0) is 41.7 Å². The summed E-state index contributed by atoms with van der Waals surface area (Å²) in [7, 11) is 0. The lowest BCUT2D eigenvalue weighted by atomic mass is 9.90. The maximum Gasteiger partial charge on any atom is 0.241 e. The molecule has 3 N–H and O–H groups in total. The van der Waals surface area contributed by atoms with E-state index in [1.54, 1.807) is 6.07 Å². The topological polar surface area (TPSA) is 112 Å². The van der Waals surface area contributed by atoms with Crippen molar-refractivity contribution in [1.82, 2.24) is 5.32 Å². The van der Waals surface area contributed by atoms with Crippen molar-refractivity contribution in [3.05, 3.63) is 59.7 Å². The average Bonchev–Trinajstić information content (AvgIpc) is 2.74. The number of rotatable bonds is 5. The van der Waals surface area contributed by atoms with Crippen LogP contribution in [0.3, 0.4) is 0 Å². The molecule has 1 amide bonds. The number of nitrogens with one attached hydrogen (secondary N) is 1. The molecule has 28 heavy (non-hydrogen) atoms. The summed E-state index contributed by atoms with van der Waals surface area (Å²) in [6.07, 6.45) is 1.30. The van der Waals surface area contributed by atoms with Crippen LogP contribution in [-0.2, 0) is 16.0 Å². The van der Waals surface area contributed by atoms with Gasteiger partial charge < -0.3 is 15.8 Å². The van der Waals surface area contributed by atoms with Crippen LogP contribution < -0.4 is 11.1 Å². The lowest BCUT2D eigenvalue weighted by Crippen LogP contribution is -2.58. The van der Waals surface area contributed by atoms with E-state index in [0.29, 0.717) is 38.0 Å². The average molecular weight is 374 g/mol. The largest absolute Gasteiger partial charge is 0.381 e. The molecule has 0 bridgehead atoms. The van der Waals surface area contributed by atoms with Crippen molar-refractivity contribution in [2.75, 3.05) is 13.2 Å². The third kappa shape index (κ3) is 4.55. The van der Waals surface area contributed by atoms with Crippen molar-refractivity contribution < 1.29 is 9.53 Å². The predicted octanol–water partition coefficient (Wildman–Crippen LogP) is 2.28. The quantitative estimate of drug-likeness (QED) is 0.834. The fourth-order valence-electron chi connectivity index (χ4n) is 3.23. The molecular formula is C22H22N4O2. The molecule has 0 aliphatic carbocycles. The number of hydrogen-bond acceptors (Lipinski definition) is 5. The van der Waals surface area contributed by atoms with E-state index in [-0.39, 0.29) is 5.91 Å². The Bertz CT molecular complexity index is 919. The summed E-state index contributed by atoms with van der Waals surface area (Å²) in [6.45, 7) is 0.908. The maximum absolute atomic E-state index is 12.5. The second kappa shape index (κ2) is 8.67. The SMILES string of the molecule is N#Cc1cccc(-c2ccc(C[C@@H](C#N)NC(=O)C3(N)CCOCC3)cc2)c1. The van der Waals surface area contributed by atoms with E-state index in [2.05, 4.69) is 17.5 Å². The van der Waals surface area contributed by atoms with Gasteiger partial charge >= 0.3 is 0 Å². The molecule has 2 aromatic rings. The van der Waals surface area contributed by atoms with Gasteiger partial charge in [0.2, 0.25) is 5.91 Å². The zero-order valence-corrected chi connectivity index (χ0v) is 15.5. The molecule has 0 spiro atoms. The Kier molecular flexibility index (Phi) is 6.06. The highest BCUT2D eigenvalue weighted by Gasteiger charge is 2.36. The Hall–Kier alpha value is -3.19. The molecule has 0 unspecified atom stereocenters. The van der Waals surface area contributed by atoms with Crippen LogP contribution in [0.4, 0.5) is 0 Å². The molecule has 3 rings (SSSR count). The molecule has 1 atom stereocenters. The fraction of sp³-hybridized carbons (Fsp3) is 0.318. The molecule has 1 aliphatic rings. The number of carbonyl (C=O) groups is 1. The summed E-state index contributed by atoms with van der Waals surface area (Å²) in [5, 5.41) is 21.3. The first kappa shape index (κ1) is 19.6. The van der Waals surface area contributed by atoms with Gasteiger partial charge in [-0.15, -0.1) is 0 Å². The molecular weight excluding hydrogens is 352 g/mol. The summed E-state index contributed by atoms with van der Waals surface area (Å²) < 4.78 is 5.26. The van der Waals surface area contributed by atoms with Gasteiger partial charge in [-0.2, -0.15) is 10.5 Å². The number of ether oxygens (including phenoxy) is 1. The molecule has 0 saturated carbocycles. The maximum atomic E-state index is 12.5. The Morgan fingerprint density at radius 1 is 1.14 bits per heavy atom. The highest BCUT2D eigenvalue weighted by molar-refractivity contribution is 5.86. The van der Waals surface area contributed by atoms with Crippen molar-refractivity contribution in [1.29, 1.82) is 10.5 Å². The van der Waals surface area contributed by atoms with Crippen LogP contribution >= 0.6 is 0 Å². The summed E-state index contributed by atoms with van der Waals surface area (Å²) in [5.74, 6) is -0.299. The fourth-order valence-corrected chi connectivity index (χ4v) is 3.23. The Morgan fingerprint density at radius 3 is 2.50 bits per heavy atom. The van der Waals surface area contributed by atoms with Crippen molar-refractivity contribution >= 4 is 5.91 Å². The molecule has 6 nitrogen and oxygen atoms in total. The molecule has 0 aromatic heterocycles. The van der Waals surface area contributed by atoms with Gasteiger partial charge in [-0.25, -0.2) is 0 Å². The van der Waals surface area contributed by atoms with Gasteiger partial charge in [0.25, 0.3) is 0 Å². The first-order chi connectivity index (χ1) is 13.5.